The molecule has 0 saturated carbocycles. The Kier molecular flexibility index (Phi) is 7.44. The number of aliphatic hydroxyl groups excluding tert-OH is 1. The molecule has 4 rings (SSSR count). The molecule has 1 amide bonds. The van der Waals surface area contributed by atoms with Gasteiger partial charge in [-0.15, -0.1) is 0 Å². The zero-order valence-electron chi connectivity index (χ0n) is 21.1. The van der Waals surface area contributed by atoms with Gasteiger partial charge in [0.25, 0.3) is 5.91 Å². The van der Waals surface area contributed by atoms with E-state index < -0.39 is 17.7 Å². The largest absolute Gasteiger partial charge is 0.503 e. The first kappa shape index (κ1) is 25.0. The molecule has 1 aliphatic rings. The Morgan fingerprint density at radius 2 is 1.67 bits per heavy atom. The quantitative estimate of drug-likeness (QED) is 0.414. The van der Waals surface area contributed by atoms with E-state index in [4.69, 9.17) is 9.47 Å². The van der Waals surface area contributed by atoms with Crippen molar-refractivity contribution in [3.8, 4) is 11.5 Å². The van der Waals surface area contributed by atoms with E-state index >= 15 is 0 Å². The average Bonchev–Trinajstić information content (AvgIpc) is 3.13. The van der Waals surface area contributed by atoms with Gasteiger partial charge in [-0.1, -0.05) is 42.5 Å². The second kappa shape index (κ2) is 10.7. The van der Waals surface area contributed by atoms with Crippen molar-refractivity contribution in [1.29, 1.82) is 0 Å². The third-order valence-corrected chi connectivity index (χ3v) is 6.28. The minimum Gasteiger partial charge on any atom is -0.503 e. The van der Waals surface area contributed by atoms with E-state index in [1.54, 1.807) is 25.3 Å². The van der Waals surface area contributed by atoms with Gasteiger partial charge in [-0.3, -0.25) is 14.5 Å². The maximum absolute atomic E-state index is 13.6. The Balaban J connectivity index is 1.80. The molecule has 3 aromatic carbocycles. The van der Waals surface area contributed by atoms with E-state index in [0.717, 1.165) is 16.7 Å². The first-order valence-electron chi connectivity index (χ1n) is 12.1. The minimum atomic E-state index is -0.799. The molecule has 0 spiro atoms. The molecular weight excluding hydrogens is 454 g/mol. The van der Waals surface area contributed by atoms with E-state index in [2.05, 4.69) is 0 Å². The lowest BCUT2D eigenvalue weighted by Crippen LogP contribution is -2.31. The number of nitrogens with zero attached hydrogens (tertiary/aromatic N) is 1. The fourth-order valence-electron chi connectivity index (χ4n) is 4.73. The zero-order valence-corrected chi connectivity index (χ0v) is 21.1. The first-order valence-corrected chi connectivity index (χ1v) is 12.1. The number of anilines is 1. The average molecular weight is 486 g/mol. The number of aliphatic hydroxyl groups is 1. The van der Waals surface area contributed by atoms with Crippen molar-refractivity contribution in [2.75, 3.05) is 18.6 Å². The Hall–Kier alpha value is -4.06. The summed E-state index contributed by atoms with van der Waals surface area (Å²) >= 11 is 0. The second-order valence-corrected chi connectivity index (χ2v) is 8.94. The Morgan fingerprint density at radius 3 is 2.31 bits per heavy atom. The number of Topliss-reactive ketones (excluding diaryl/α,β-unsaturated/α-hetero) is 1. The van der Waals surface area contributed by atoms with Crippen LogP contribution in [0.4, 0.5) is 5.69 Å². The molecule has 1 unspecified atom stereocenters. The number of methoxy groups -OCH3 is 1. The van der Waals surface area contributed by atoms with Gasteiger partial charge in [-0.2, -0.15) is 0 Å². The van der Waals surface area contributed by atoms with Gasteiger partial charge < -0.3 is 14.6 Å². The SMILES string of the molecule is CCOc1cc(C2C(C(=O)CCc3ccccc3)=C(O)C(=O)N2c2cc(C)cc(C)c2)ccc1OC. The first-order chi connectivity index (χ1) is 17.3. The highest BCUT2D eigenvalue weighted by molar-refractivity contribution is 6.16. The van der Waals surface area contributed by atoms with Gasteiger partial charge in [-0.05, 0) is 73.7 Å². The summed E-state index contributed by atoms with van der Waals surface area (Å²) < 4.78 is 11.2. The molecule has 0 fully saturated rings. The van der Waals surface area contributed by atoms with Gasteiger partial charge in [0, 0.05) is 12.1 Å². The molecule has 1 aliphatic heterocycles. The number of rotatable bonds is 9. The van der Waals surface area contributed by atoms with Crippen LogP contribution >= 0.6 is 0 Å². The fraction of sp³-hybridized carbons (Fsp3) is 0.267. The number of amides is 1. The summed E-state index contributed by atoms with van der Waals surface area (Å²) in [6.07, 6.45) is 0.677. The molecule has 3 aromatic rings. The molecule has 0 bridgehead atoms. The van der Waals surface area contributed by atoms with E-state index in [0.29, 0.717) is 35.8 Å². The van der Waals surface area contributed by atoms with E-state index in [9.17, 15) is 14.7 Å². The normalized spacial score (nSPS) is 15.4. The lowest BCUT2D eigenvalue weighted by atomic mass is 9.92. The van der Waals surface area contributed by atoms with Crippen molar-refractivity contribution in [2.45, 2.75) is 39.7 Å². The number of carbonyl (C=O) groups is 2. The summed E-state index contributed by atoms with van der Waals surface area (Å²) in [5, 5.41) is 11.0. The third-order valence-electron chi connectivity index (χ3n) is 6.28. The predicted molar refractivity (Wildman–Crippen MR) is 140 cm³/mol. The topological polar surface area (TPSA) is 76.1 Å². The predicted octanol–water partition coefficient (Wildman–Crippen LogP) is 5.81. The van der Waals surface area contributed by atoms with Crippen LogP contribution in [0.5, 0.6) is 11.5 Å². The number of ether oxygens (including phenoxy) is 2. The lowest BCUT2D eigenvalue weighted by molar-refractivity contribution is -0.118. The molecule has 0 aliphatic carbocycles. The van der Waals surface area contributed by atoms with Crippen molar-refractivity contribution in [3.63, 3.8) is 0 Å². The molecular formula is C30H31NO5. The van der Waals surface area contributed by atoms with Crippen molar-refractivity contribution in [1.82, 2.24) is 0 Å². The number of hydrogen-bond donors (Lipinski definition) is 1. The molecule has 1 heterocycles. The zero-order chi connectivity index (χ0) is 25.8. The van der Waals surface area contributed by atoms with Crippen LogP contribution in [0, 0.1) is 13.8 Å². The summed E-state index contributed by atoms with van der Waals surface area (Å²) in [7, 11) is 1.56. The molecule has 6 nitrogen and oxygen atoms in total. The summed E-state index contributed by atoms with van der Waals surface area (Å²) in [6, 6.07) is 20.0. The van der Waals surface area contributed by atoms with Crippen molar-refractivity contribution in [2.24, 2.45) is 0 Å². The molecule has 36 heavy (non-hydrogen) atoms. The number of aryl methyl sites for hydroxylation is 3. The van der Waals surface area contributed by atoms with Crippen LogP contribution in [0.1, 0.15) is 41.6 Å². The Bertz CT molecular complexity index is 1290. The van der Waals surface area contributed by atoms with Crippen LogP contribution in [0.25, 0.3) is 0 Å². The molecule has 1 atom stereocenters. The number of benzene rings is 3. The molecule has 6 heteroatoms. The standard InChI is InChI=1S/C30H31NO5/c1-5-36-26-18-22(12-14-25(26)35-4)28-27(24(32)13-11-21-9-7-6-8-10-21)29(33)30(34)31(28)23-16-19(2)15-20(3)17-23/h6-10,12,14-18,28,33H,5,11,13H2,1-4H3. The molecule has 0 aromatic heterocycles. The van der Waals surface area contributed by atoms with Gasteiger partial charge in [-0.25, -0.2) is 0 Å². The highest BCUT2D eigenvalue weighted by Crippen LogP contribution is 2.44. The third kappa shape index (κ3) is 4.98. The smallest absolute Gasteiger partial charge is 0.294 e. The highest BCUT2D eigenvalue weighted by atomic mass is 16.5. The monoisotopic (exact) mass is 485 g/mol. The number of ketones is 1. The van der Waals surface area contributed by atoms with Crippen LogP contribution in [0.15, 0.2) is 78.1 Å². The highest BCUT2D eigenvalue weighted by Gasteiger charge is 2.44. The van der Waals surface area contributed by atoms with Crippen LogP contribution in [-0.2, 0) is 16.0 Å². The Labute approximate surface area is 211 Å². The van der Waals surface area contributed by atoms with Gasteiger partial charge in [0.2, 0.25) is 0 Å². The van der Waals surface area contributed by atoms with Gasteiger partial charge in [0.15, 0.2) is 23.0 Å². The van der Waals surface area contributed by atoms with Crippen LogP contribution in [0.2, 0.25) is 0 Å². The summed E-state index contributed by atoms with van der Waals surface area (Å²) in [5.74, 6) is -0.316. The number of carbonyl (C=O) groups excluding carboxylic acids is 2. The van der Waals surface area contributed by atoms with Crippen LogP contribution in [-0.4, -0.2) is 30.5 Å². The fourth-order valence-corrected chi connectivity index (χ4v) is 4.73. The van der Waals surface area contributed by atoms with Crippen LogP contribution in [0.3, 0.4) is 0 Å². The summed E-state index contributed by atoms with van der Waals surface area (Å²) in [4.78, 5) is 28.5. The molecule has 0 saturated heterocycles. The second-order valence-electron chi connectivity index (χ2n) is 8.94. The Morgan fingerprint density at radius 1 is 0.972 bits per heavy atom. The van der Waals surface area contributed by atoms with E-state index in [1.807, 2.05) is 69.3 Å². The summed E-state index contributed by atoms with van der Waals surface area (Å²) in [6.45, 7) is 6.20. The molecule has 186 valence electrons. The number of hydrogen-bond acceptors (Lipinski definition) is 5. The summed E-state index contributed by atoms with van der Waals surface area (Å²) in [5.41, 5.74) is 4.34. The van der Waals surface area contributed by atoms with E-state index in [-0.39, 0.29) is 17.8 Å². The maximum atomic E-state index is 13.6. The molecule has 1 N–H and O–H groups in total. The van der Waals surface area contributed by atoms with Gasteiger partial charge >= 0.3 is 0 Å². The maximum Gasteiger partial charge on any atom is 0.294 e. The van der Waals surface area contributed by atoms with Gasteiger partial charge in [0.1, 0.15) is 0 Å². The van der Waals surface area contributed by atoms with Crippen LogP contribution < -0.4 is 14.4 Å². The molecule has 0 radical (unpaired) electrons. The van der Waals surface area contributed by atoms with Crippen molar-refractivity contribution >= 4 is 17.4 Å². The minimum absolute atomic E-state index is 0.0997. The van der Waals surface area contributed by atoms with Gasteiger partial charge in [0.05, 0.1) is 25.3 Å². The van der Waals surface area contributed by atoms with E-state index in [1.165, 1.54) is 4.90 Å². The van der Waals surface area contributed by atoms with Crippen molar-refractivity contribution in [3.05, 3.63) is 100 Å². The lowest BCUT2D eigenvalue weighted by Gasteiger charge is -2.28. The van der Waals surface area contributed by atoms with Crippen molar-refractivity contribution < 1.29 is 24.2 Å².